The SMILES string of the molecule is Cc1nn(C)c(C)c1C(=O)Nc1ncn(Cc2ccc(Cl)c(Cl)c2)n1. The Morgan fingerprint density at radius 1 is 1.20 bits per heavy atom. The number of aromatic nitrogens is 5. The number of rotatable bonds is 4. The molecule has 0 fully saturated rings. The molecule has 9 heteroatoms. The molecule has 2 aromatic heterocycles. The summed E-state index contributed by atoms with van der Waals surface area (Å²) in [5.41, 5.74) is 2.90. The molecule has 3 rings (SSSR count). The molecule has 0 unspecified atom stereocenters. The number of carbonyl (C=O) groups excluding carboxylic acids is 1. The zero-order chi connectivity index (χ0) is 18.1. The van der Waals surface area contributed by atoms with Crippen LogP contribution in [-0.2, 0) is 13.6 Å². The molecule has 0 aliphatic heterocycles. The number of anilines is 1. The van der Waals surface area contributed by atoms with E-state index >= 15 is 0 Å². The molecule has 0 aliphatic carbocycles. The summed E-state index contributed by atoms with van der Waals surface area (Å²) in [7, 11) is 1.79. The van der Waals surface area contributed by atoms with Crippen molar-refractivity contribution in [2.45, 2.75) is 20.4 Å². The second-order valence-electron chi connectivity index (χ2n) is 5.64. The fourth-order valence-corrected chi connectivity index (χ4v) is 2.84. The van der Waals surface area contributed by atoms with Crippen LogP contribution in [0.15, 0.2) is 24.5 Å². The molecular formula is C16H16Cl2N6O. The summed E-state index contributed by atoms with van der Waals surface area (Å²) >= 11 is 11.9. The van der Waals surface area contributed by atoms with Gasteiger partial charge in [-0.25, -0.2) is 9.67 Å². The normalized spacial score (nSPS) is 10.9. The molecule has 0 bridgehead atoms. The van der Waals surface area contributed by atoms with Gasteiger partial charge in [0.2, 0.25) is 5.95 Å². The van der Waals surface area contributed by atoms with Crippen LogP contribution in [0.2, 0.25) is 10.0 Å². The van der Waals surface area contributed by atoms with Crippen molar-refractivity contribution in [3.63, 3.8) is 0 Å². The van der Waals surface area contributed by atoms with Gasteiger partial charge >= 0.3 is 0 Å². The Labute approximate surface area is 154 Å². The lowest BCUT2D eigenvalue weighted by Crippen LogP contribution is -2.15. The van der Waals surface area contributed by atoms with Gasteiger partial charge in [-0.2, -0.15) is 5.10 Å². The van der Waals surface area contributed by atoms with Crippen LogP contribution in [0.5, 0.6) is 0 Å². The van der Waals surface area contributed by atoms with E-state index in [9.17, 15) is 4.79 Å². The van der Waals surface area contributed by atoms with E-state index < -0.39 is 0 Å². The quantitative estimate of drug-likeness (QED) is 0.755. The molecule has 2 heterocycles. The van der Waals surface area contributed by atoms with Gasteiger partial charge in [0, 0.05) is 12.7 Å². The van der Waals surface area contributed by atoms with E-state index in [1.165, 1.54) is 0 Å². The third kappa shape index (κ3) is 3.67. The molecule has 0 spiro atoms. The average molecular weight is 379 g/mol. The Morgan fingerprint density at radius 3 is 2.60 bits per heavy atom. The predicted octanol–water partition coefficient (Wildman–Crippen LogP) is 3.24. The van der Waals surface area contributed by atoms with Crippen LogP contribution < -0.4 is 5.32 Å². The van der Waals surface area contributed by atoms with Gasteiger partial charge in [-0.05, 0) is 31.5 Å². The Hall–Kier alpha value is -2.38. The lowest BCUT2D eigenvalue weighted by Gasteiger charge is -2.03. The molecule has 25 heavy (non-hydrogen) atoms. The first-order valence-corrected chi connectivity index (χ1v) is 8.25. The highest BCUT2D eigenvalue weighted by Gasteiger charge is 2.18. The summed E-state index contributed by atoms with van der Waals surface area (Å²) in [6.45, 7) is 4.09. The molecular weight excluding hydrogens is 363 g/mol. The predicted molar refractivity (Wildman–Crippen MR) is 96.2 cm³/mol. The highest BCUT2D eigenvalue weighted by Crippen LogP contribution is 2.23. The van der Waals surface area contributed by atoms with Gasteiger partial charge in [0.25, 0.3) is 5.91 Å². The minimum Gasteiger partial charge on any atom is -0.289 e. The zero-order valence-corrected chi connectivity index (χ0v) is 15.4. The molecule has 0 saturated heterocycles. The summed E-state index contributed by atoms with van der Waals surface area (Å²) in [6, 6.07) is 5.36. The van der Waals surface area contributed by atoms with Crippen molar-refractivity contribution in [1.82, 2.24) is 24.5 Å². The number of hydrogen-bond acceptors (Lipinski definition) is 4. The average Bonchev–Trinajstić information content (AvgIpc) is 3.07. The van der Waals surface area contributed by atoms with Gasteiger partial charge in [-0.15, -0.1) is 5.10 Å². The summed E-state index contributed by atoms with van der Waals surface area (Å²) in [4.78, 5) is 16.6. The second kappa shape index (κ2) is 6.85. The third-order valence-electron chi connectivity index (χ3n) is 3.83. The maximum atomic E-state index is 12.4. The standard InChI is InChI=1S/C16H16Cl2N6O/c1-9-14(10(2)23(3)21-9)15(25)20-16-19-8-24(22-16)7-11-4-5-12(17)13(18)6-11/h4-6,8H,7H2,1-3H3,(H,20,22,25). The van der Waals surface area contributed by atoms with Gasteiger partial charge in [0.1, 0.15) is 6.33 Å². The van der Waals surface area contributed by atoms with Gasteiger partial charge in [-0.1, -0.05) is 29.3 Å². The lowest BCUT2D eigenvalue weighted by molar-refractivity contribution is 0.102. The minimum absolute atomic E-state index is 0.229. The molecule has 0 radical (unpaired) electrons. The smallest absolute Gasteiger partial charge is 0.261 e. The van der Waals surface area contributed by atoms with Crippen LogP contribution in [-0.4, -0.2) is 30.5 Å². The van der Waals surface area contributed by atoms with E-state index in [2.05, 4.69) is 20.5 Å². The molecule has 0 saturated carbocycles. The van der Waals surface area contributed by atoms with E-state index in [-0.39, 0.29) is 11.9 Å². The Balaban J connectivity index is 1.73. The van der Waals surface area contributed by atoms with Crippen LogP contribution in [0.25, 0.3) is 0 Å². The number of halogens is 2. The maximum absolute atomic E-state index is 12.4. The van der Waals surface area contributed by atoms with Crippen LogP contribution in [0.3, 0.4) is 0 Å². The molecule has 130 valence electrons. The van der Waals surface area contributed by atoms with Crippen molar-refractivity contribution in [2.24, 2.45) is 7.05 Å². The van der Waals surface area contributed by atoms with Crippen molar-refractivity contribution < 1.29 is 4.79 Å². The number of amides is 1. The van der Waals surface area contributed by atoms with Gasteiger partial charge < -0.3 is 0 Å². The molecule has 0 atom stereocenters. The van der Waals surface area contributed by atoms with E-state index in [4.69, 9.17) is 23.2 Å². The zero-order valence-electron chi connectivity index (χ0n) is 13.9. The number of hydrogen-bond donors (Lipinski definition) is 1. The number of nitrogens with zero attached hydrogens (tertiary/aromatic N) is 5. The third-order valence-corrected chi connectivity index (χ3v) is 4.57. The van der Waals surface area contributed by atoms with E-state index in [0.717, 1.165) is 11.3 Å². The van der Waals surface area contributed by atoms with E-state index in [0.29, 0.717) is 27.8 Å². The fourth-order valence-electron chi connectivity index (χ4n) is 2.52. The summed E-state index contributed by atoms with van der Waals surface area (Å²) in [6.07, 6.45) is 1.54. The minimum atomic E-state index is -0.282. The maximum Gasteiger partial charge on any atom is 0.261 e. The molecule has 1 aromatic carbocycles. The van der Waals surface area contributed by atoms with Crippen LogP contribution in [0, 0.1) is 13.8 Å². The van der Waals surface area contributed by atoms with Gasteiger partial charge in [-0.3, -0.25) is 14.8 Å². The Bertz CT molecular complexity index is 946. The van der Waals surface area contributed by atoms with E-state index in [1.807, 2.05) is 13.0 Å². The second-order valence-corrected chi connectivity index (χ2v) is 6.45. The molecule has 0 aliphatic rings. The highest BCUT2D eigenvalue weighted by molar-refractivity contribution is 6.42. The van der Waals surface area contributed by atoms with Crippen LogP contribution in [0.1, 0.15) is 27.3 Å². The van der Waals surface area contributed by atoms with Crippen LogP contribution >= 0.6 is 23.2 Å². The highest BCUT2D eigenvalue weighted by atomic mass is 35.5. The monoisotopic (exact) mass is 378 g/mol. The van der Waals surface area contributed by atoms with Crippen molar-refractivity contribution in [2.75, 3.05) is 5.32 Å². The largest absolute Gasteiger partial charge is 0.289 e. The number of nitrogens with one attached hydrogen (secondary N) is 1. The Kier molecular flexibility index (Phi) is 4.78. The summed E-state index contributed by atoms with van der Waals surface area (Å²) in [5, 5.41) is 12.2. The van der Waals surface area contributed by atoms with Crippen molar-refractivity contribution >= 4 is 35.1 Å². The first kappa shape index (κ1) is 17.4. The number of carbonyl (C=O) groups is 1. The fraction of sp³-hybridized carbons (Fsp3) is 0.250. The molecule has 1 amide bonds. The molecule has 3 aromatic rings. The molecule has 7 nitrogen and oxygen atoms in total. The number of aryl methyl sites for hydroxylation is 2. The molecule has 1 N–H and O–H groups in total. The first-order valence-electron chi connectivity index (χ1n) is 7.50. The first-order chi connectivity index (χ1) is 11.8. The van der Waals surface area contributed by atoms with Crippen molar-refractivity contribution in [3.8, 4) is 0 Å². The lowest BCUT2D eigenvalue weighted by atomic mass is 10.2. The van der Waals surface area contributed by atoms with Gasteiger partial charge in [0.05, 0.1) is 27.8 Å². The van der Waals surface area contributed by atoms with Crippen molar-refractivity contribution in [1.29, 1.82) is 0 Å². The summed E-state index contributed by atoms with van der Waals surface area (Å²) < 4.78 is 3.28. The topological polar surface area (TPSA) is 77.6 Å². The van der Waals surface area contributed by atoms with Crippen molar-refractivity contribution in [3.05, 3.63) is 57.1 Å². The van der Waals surface area contributed by atoms with E-state index in [1.54, 1.807) is 41.8 Å². The number of benzene rings is 1. The van der Waals surface area contributed by atoms with Crippen LogP contribution in [0.4, 0.5) is 5.95 Å². The summed E-state index contributed by atoms with van der Waals surface area (Å²) in [5.74, 6) is -0.0527. The Morgan fingerprint density at radius 2 is 1.96 bits per heavy atom. The van der Waals surface area contributed by atoms with Gasteiger partial charge in [0.15, 0.2) is 0 Å².